The molecule has 0 aromatic carbocycles. The molecule has 22 heavy (non-hydrogen) atoms. The third-order valence-corrected chi connectivity index (χ3v) is 3.93. The van der Waals surface area contributed by atoms with E-state index in [-0.39, 0.29) is 5.56 Å². The van der Waals surface area contributed by atoms with Crippen molar-refractivity contribution in [1.82, 2.24) is 19.9 Å². The lowest BCUT2D eigenvalue weighted by molar-refractivity contribution is 0.391. The number of methoxy groups -OCH3 is 1. The van der Waals surface area contributed by atoms with E-state index in [0.717, 1.165) is 37.4 Å². The molecule has 0 radical (unpaired) electrons. The molecular formula is C15H19N5O2. The summed E-state index contributed by atoms with van der Waals surface area (Å²) in [6.07, 6.45) is 5.15. The molecule has 1 aliphatic heterocycles. The van der Waals surface area contributed by atoms with Crippen LogP contribution in [0.25, 0.3) is 0 Å². The summed E-state index contributed by atoms with van der Waals surface area (Å²) in [7, 11) is 1.60. The highest BCUT2D eigenvalue weighted by molar-refractivity contribution is 5.48. The van der Waals surface area contributed by atoms with Crippen LogP contribution < -0.4 is 15.2 Å². The normalized spacial score (nSPS) is 15.8. The third-order valence-electron chi connectivity index (χ3n) is 3.93. The summed E-state index contributed by atoms with van der Waals surface area (Å²) in [6.45, 7) is 3.49. The number of hydrogen-bond acceptors (Lipinski definition) is 6. The van der Waals surface area contributed by atoms with Gasteiger partial charge in [-0.3, -0.25) is 4.79 Å². The number of ether oxygens (including phenoxy) is 1. The summed E-state index contributed by atoms with van der Waals surface area (Å²) in [5.41, 5.74) is 0.799. The number of nitrogens with one attached hydrogen (secondary N) is 1. The molecule has 2 aromatic rings. The van der Waals surface area contributed by atoms with Crippen molar-refractivity contribution >= 4 is 5.82 Å². The van der Waals surface area contributed by atoms with E-state index in [1.165, 1.54) is 0 Å². The van der Waals surface area contributed by atoms with Gasteiger partial charge in [0.15, 0.2) is 5.82 Å². The Morgan fingerprint density at radius 2 is 2.00 bits per heavy atom. The fourth-order valence-electron chi connectivity index (χ4n) is 2.88. The van der Waals surface area contributed by atoms with Gasteiger partial charge in [0.1, 0.15) is 5.82 Å². The molecule has 3 heterocycles. The molecule has 1 fully saturated rings. The summed E-state index contributed by atoms with van der Waals surface area (Å²) < 4.78 is 5.27. The summed E-state index contributed by atoms with van der Waals surface area (Å²) in [6, 6.07) is 1.61. The van der Waals surface area contributed by atoms with Crippen LogP contribution in [-0.4, -0.2) is 40.1 Å². The first-order chi connectivity index (χ1) is 10.7. The molecule has 0 bridgehead atoms. The minimum Gasteiger partial charge on any atom is -0.478 e. The zero-order valence-corrected chi connectivity index (χ0v) is 12.7. The average molecular weight is 301 g/mol. The monoisotopic (exact) mass is 301 g/mol. The van der Waals surface area contributed by atoms with Crippen molar-refractivity contribution in [2.24, 2.45) is 0 Å². The standard InChI is InChI=1S/C15H19N5O2/c1-10-18-12(9-13(21)19-10)11-3-7-20(8-4-11)14-15(22-2)17-6-5-16-14/h5-6,9,11H,3-4,7-8H2,1-2H3,(H,18,19,21). The van der Waals surface area contributed by atoms with E-state index in [1.54, 1.807) is 25.6 Å². The lowest BCUT2D eigenvalue weighted by Gasteiger charge is -2.32. The topological polar surface area (TPSA) is 84.0 Å². The predicted molar refractivity (Wildman–Crippen MR) is 82.4 cm³/mol. The second-order valence-corrected chi connectivity index (χ2v) is 5.41. The second kappa shape index (κ2) is 6.13. The van der Waals surface area contributed by atoms with Gasteiger partial charge in [-0.15, -0.1) is 0 Å². The molecule has 0 spiro atoms. The van der Waals surface area contributed by atoms with Gasteiger partial charge >= 0.3 is 0 Å². The second-order valence-electron chi connectivity index (χ2n) is 5.41. The van der Waals surface area contributed by atoms with Crippen molar-refractivity contribution in [2.75, 3.05) is 25.1 Å². The Hall–Kier alpha value is -2.44. The number of hydrogen-bond donors (Lipinski definition) is 1. The van der Waals surface area contributed by atoms with Gasteiger partial charge in [-0.05, 0) is 19.8 Å². The van der Waals surface area contributed by atoms with E-state index in [0.29, 0.717) is 17.6 Å². The maximum Gasteiger partial charge on any atom is 0.257 e. The predicted octanol–water partition coefficient (Wildman–Crippen LogP) is 1.26. The first kappa shape index (κ1) is 14.5. The minimum absolute atomic E-state index is 0.0828. The molecule has 7 nitrogen and oxygen atoms in total. The Labute approximate surface area is 128 Å². The molecule has 0 amide bonds. The Morgan fingerprint density at radius 1 is 1.27 bits per heavy atom. The number of aryl methyl sites for hydroxylation is 1. The van der Waals surface area contributed by atoms with E-state index in [2.05, 4.69) is 24.8 Å². The van der Waals surface area contributed by atoms with E-state index in [9.17, 15) is 4.79 Å². The van der Waals surface area contributed by atoms with E-state index in [1.807, 2.05) is 6.92 Å². The molecule has 2 aromatic heterocycles. The van der Waals surface area contributed by atoms with Crippen LogP contribution in [-0.2, 0) is 0 Å². The highest BCUT2D eigenvalue weighted by Crippen LogP contribution is 2.31. The molecule has 0 saturated carbocycles. The minimum atomic E-state index is -0.0828. The van der Waals surface area contributed by atoms with Crippen molar-refractivity contribution in [3.63, 3.8) is 0 Å². The molecule has 3 rings (SSSR count). The molecule has 1 N–H and O–H groups in total. The smallest absolute Gasteiger partial charge is 0.257 e. The van der Waals surface area contributed by atoms with Gasteiger partial charge in [-0.2, -0.15) is 0 Å². The number of anilines is 1. The van der Waals surface area contributed by atoms with Crippen LogP contribution in [0.5, 0.6) is 5.88 Å². The fourth-order valence-corrected chi connectivity index (χ4v) is 2.88. The Balaban J connectivity index is 1.73. The van der Waals surface area contributed by atoms with Crippen LogP contribution >= 0.6 is 0 Å². The van der Waals surface area contributed by atoms with Crippen molar-refractivity contribution in [3.8, 4) is 5.88 Å². The van der Waals surface area contributed by atoms with Crippen molar-refractivity contribution in [3.05, 3.63) is 40.3 Å². The molecule has 1 saturated heterocycles. The van der Waals surface area contributed by atoms with E-state index < -0.39 is 0 Å². The summed E-state index contributed by atoms with van der Waals surface area (Å²) in [5.74, 6) is 2.30. The van der Waals surface area contributed by atoms with Gasteiger partial charge in [-0.1, -0.05) is 0 Å². The summed E-state index contributed by atoms with van der Waals surface area (Å²) in [5, 5.41) is 0. The summed E-state index contributed by atoms with van der Waals surface area (Å²) >= 11 is 0. The van der Waals surface area contributed by atoms with Gasteiger partial charge in [-0.25, -0.2) is 15.0 Å². The van der Waals surface area contributed by atoms with Gasteiger partial charge in [0.25, 0.3) is 11.4 Å². The highest BCUT2D eigenvalue weighted by atomic mass is 16.5. The van der Waals surface area contributed by atoms with Crippen LogP contribution in [0.2, 0.25) is 0 Å². The van der Waals surface area contributed by atoms with E-state index in [4.69, 9.17) is 4.74 Å². The molecular weight excluding hydrogens is 282 g/mol. The first-order valence-corrected chi connectivity index (χ1v) is 7.35. The van der Waals surface area contributed by atoms with Crippen LogP contribution in [0.3, 0.4) is 0 Å². The first-order valence-electron chi connectivity index (χ1n) is 7.35. The van der Waals surface area contributed by atoms with Gasteiger partial charge in [0.2, 0.25) is 0 Å². The maximum atomic E-state index is 11.6. The quantitative estimate of drug-likeness (QED) is 0.919. The van der Waals surface area contributed by atoms with Crippen molar-refractivity contribution in [2.45, 2.75) is 25.7 Å². The lowest BCUT2D eigenvalue weighted by Crippen LogP contribution is -2.34. The van der Waals surface area contributed by atoms with Gasteiger partial charge in [0, 0.05) is 37.5 Å². The molecule has 0 aliphatic carbocycles. The molecule has 116 valence electrons. The van der Waals surface area contributed by atoms with E-state index >= 15 is 0 Å². The Morgan fingerprint density at radius 3 is 2.68 bits per heavy atom. The maximum absolute atomic E-state index is 11.6. The number of rotatable bonds is 3. The van der Waals surface area contributed by atoms with Crippen molar-refractivity contribution in [1.29, 1.82) is 0 Å². The molecule has 1 aliphatic rings. The Bertz CT molecular complexity index is 707. The number of aromatic nitrogens is 4. The van der Waals surface area contributed by atoms with Gasteiger partial charge < -0.3 is 14.6 Å². The average Bonchev–Trinajstić information content (AvgIpc) is 2.54. The molecule has 0 unspecified atom stereocenters. The highest BCUT2D eigenvalue weighted by Gasteiger charge is 2.25. The summed E-state index contributed by atoms with van der Waals surface area (Å²) in [4.78, 5) is 29.5. The fraction of sp³-hybridized carbons (Fsp3) is 0.467. The zero-order chi connectivity index (χ0) is 15.5. The van der Waals surface area contributed by atoms with Crippen LogP contribution in [0.1, 0.15) is 30.3 Å². The third kappa shape index (κ3) is 2.93. The molecule has 0 atom stereocenters. The number of piperidine rings is 1. The lowest BCUT2D eigenvalue weighted by atomic mass is 9.93. The number of H-pyrrole nitrogens is 1. The molecule has 7 heteroatoms. The van der Waals surface area contributed by atoms with Crippen LogP contribution in [0.15, 0.2) is 23.3 Å². The SMILES string of the molecule is COc1nccnc1N1CCC(c2cc(=O)[nH]c(C)n2)CC1. The zero-order valence-electron chi connectivity index (χ0n) is 12.7. The Kier molecular flexibility index (Phi) is 4.04. The largest absolute Gasteiger partial charge is 0.478 e. The van der Waals surface area contributed by atoms with Gasteiger partial charge in [0.05, 0.1) is 12.8 Å². The number of aromatic amines is 1. The number of nitrogens with zero attached hydrogens (tertiary/aromatic N) is 4. The van der Waals surface area contributed by atoms with Crippen molar-refractivity contribution < 1.29 is 4.74 Å². The van der Waals surface area contributed by atoms with Crippen LogP contribution in [0, 0.1) is 6.92 Å². The van der Waals surface area contributed by atoms with Crippen LogP contribution in [0.4, 0.5) is 5.82 Å².